The number of hydrogen-bond acceptors (Lipinski definition) is 5. The third kappa shape index (κ3) is 9.11. The van der Waals surface area contributed by atoms with Crippen molar-refractivity contribution in [2.24, 2.45) is 5.16 Å². The number of benzene rings is 2. The molecule has 0 saturated heterocycles. The fourth-order valence-electron chi connectivity index (χ4n) is 2.44. The lowest BCUT2D eigenvalue weighted by Crippen LogP contribution is -2.19. The predicted octanol–water partition coefficient (Wildman–Crippen LogP) is 7.11. The monoisotopic (exact) mass is 464 g/mol. The lowest BCUT2D eigenvalue weighted by Gasteiger charge is -2.20. The van der Waals surface area contributed by atoms with Crippen molar-refractivity contribution < 1.29 is 14.3 Å². The van der Waals surface area contributed by atoms with Gasteiger partial charge in [-0.15, -0.1) is 0 Å². The molecular formula is C24H30Cl2N2O3. The van der Waals surface area contributed by atoms with Gasteiger partial charge in [0.2, 0.25) is 0 Å². The van der Waals surface area contributed by atoms with Crippen LogP contribution in [0.5, 0.6) is 11.5 Å². The van der Waals surface area contributed by atoms with Gasteiger partial charge in [0.25, 0.3) is 0 Å². The van der Waals surface area contributed by atoms with E-state index in [1.165, 1.54) is 0 Å². The van der Waals surface area contributed by atoms with E-state index in [2.05, 4.69) is 10.1 Å². The Balaban J connectivity index is 1.94. The molecule has 2 rings (SSSR count). The third-order valence-corrected chi connectivity index (χ3v) is 4.51. The molecule has 2 aromatic rings. The van der Waals surface area contributed by atoms with E-state index in [1.807, 2.05) is 83.3 Å². The van der Waals surface area contributed by atoms with Crippen molar-refractivity contribution in [2.75, 3.05) is 25.2 Å². The number of hydrogen-bond donors (Lipinski definition) is 0. The number of halogens is 2. The second-order valence-electron chi connectivity index (χ2n) is 7.85. The molecule has 31 heavy (non-hydrogen) atoms. The second kappa shape index (κ2) is 11.9. The van der Waals surface area contributed by atoms with Crippen molar-refractivity contribution in [3.8, 4) is 11.5 Å². The maximum Gasteiger partial charge on any atom is 0.130 e. The first-order valence-electron chi connectivity index (χ1n) is 10.1. The molecule has 0 aliphatic carbocycles. The molecule has 0 bridgehead atoms. The lowest BCUT2D eigenvalue weighted by atomic mass is 10.2. The summed E-state index contributed by atoms with van der Waals surface area (Å²) < 4.78 is 11.6. The third-order valence-electron chi connectivity index (χ3n) is 4.20. The van der Waals surface area contributed by atoms with Gasteiger partial charge in [-0.05, 0) is 81.8 Å². The zero-order valence-electron chi connectivity index (χ0n) is 18.7. The fourth-order valence-corrected chi connectivity index (χ4v) is 2.57. The van der Waals surface area contributed by atoms with Crippen molar-refractivity contribution in [1.29, 1.82) is 0 Å². The van der Waals surface area contributed by atoms with Gasteiger partial charge in [-0.25, -0.2) is 0 Å². The number of anilines is 2. The van der Waals surface area contributed by atoms with Crippen molar-refractivity contribution >= 4 is 40.3 Å². The molecule has 0 amide bonds. The zero-order valence-corrected chi connectivity index (χ0v) is 20.2. The SMILES string of the molecule is CCC(COc1ccc(N(C)c2ccc(OCC=C(Cl)Cl)cc2)cc1)=NOC(C)(C)C. The molecule has 0 fully saturated rings. The van der Waals surface area contributed by atoms with Gasteiger partial charge in [0.1, 0.15) is 34.8 Å². The molecule has 7 heteroatoms. The Morgan fingerprint density at radius 3 is 1.90 bits per heavy atom. The van der Waals surface area contributed by atoms with Gasteiger partial charge in [-0.2, -0.15) is 0 Å². The molecule has 0 radical (unpaired) electrons. The topological polar surface area (TPSA) is 43.3 Å². The zero-order chi connectivity index (χ0) is 22.9. The van der Waals surface area contributed by atoms with Crippen LogP contribution in [-0.2, 0) is 4.84 Å². The summed E-state index contributed by atoms with van der Waals surface area (Å²) in [6, 6.07) is 15.7. The summed E-state index contributed by atoms with van der Waals surface area (Å²) in [6.45, 7) is 8.66. The molecule has 0 spiro atoms. The normalized spacial score (nSPS) is 11.6. The van der Waals surface area contributed by atoms with E-state index in [1.54, 1.807) is 6.08 Å². The molecule has 0 unspecified atom stereocenters. The molecule has 168 valence electrons. The van der Waals surface area contributed by atoms with E-state index in [0.29, 0.717) is 13.2 Å². The lowest BCUT2D eigenvalue weighted by molar-refractivity contribution is -0.000142. The van der Waals surface area contributed by atoms with Gasteiger partial charge in [0, 0.05) is 18.4 Å². The first-order chi connectivity index (χ1) is 14.7. The van der Waals surface area contributed by atoms with Crippen LogP contribution in [0.25, 0.3) is 0 Å². The van der Waals surface area contributed by atoms with Gasteiger partial charge < -0.3 is 19.2 Å². The van der Waals surface area contributed by atoms with E-state index in [-0.39, 0.29) is 10.1 Å². The summed E-state index contributed by atoms with van der Waals surface area (Å²) >= 11 is 11.2. The Bertz CT molecular complexity index is 869. The van der Waals surface area contributed by atoms with E-state index < -0.39 is 0 Å². The van der Waals surface area contributed by atoms with Crippen LogP contribution in [-0.4, -0.2) is 31.6 Å². The van der Waals surface area contributed by atoms with Crippen LogP contribution < -0.4 is 14.4 Å². The minimum atomic E-state index is -0.314. The molecule has 0 N–H and O–H groups in total. The van der Waals surface area contributed by atoms with Crippen molar-refractivity contribution in [3.63, 3.8) is 0 Å². The van der Waals surface area contributed by atoms with E-state index in [0.717, 1.165) is 35.0 Å². The molecule has 5 nitrogen and oxygen atoms in total. The summed E-state index contributed by atoms with van der Waals surface area (Å²) in [5, 5.41) is 4.21. The molecule has 0 aliphatic heterocycles. The minimum Gasteiger partial charge on any atom is -0.489 e. The average molecular weight is 465 g/mol. The minimum absolute atomic E-state index is 0.195. The Morgan fingerprint density at radius 1 is 0.935 bits per heavy atom. The first kappa shape index (κ1) is 24.9. The largest absolute Gasteiger partial charge is 0.489 e. The average Bonchev–Trinajstić information content (AvgIpc) is 2.73. The summed E-state index contributed by atoms with van der Waals surface area (Å²) in [5.41, 5.74) is 2.62. The molecule has 0 saturated carbocycles. The smallest absolute Gasteiger partial charge is 0.130 e. The molecule has 2 aromatic carbocycles. The standard InChI is InChI=1S/C24H30Cl2N2O3/c1-6-18(27-31-24(2,3)4)17-30-22-13-9-20(10-14-22)28(5)19-7-11-21(12-8-19)29-16-15-23(25)26/h7-15H,6,16-17H2,1-5H3. The van der Waals surface area contributed by atoms with Crippen molar-refractivity contribution in [1.82, 2.24) is 0 Å². The summed E-state index contributed by atoms with van der Waals surface area (Å²) in [4.78, 5) is 7.57. The summed E-state index contributed by atoms with van der Waals surface area (Å²) in [7, 11) is 2.01. The maximum atomic E-state index is 5.87. The molecule has 0 aliphatic rings. The first-order valence-corrected chi connectivity index (χ1v) is 10.9. The molecule has 0 atom stereocenters. The van der Waals surface area contributed by atoms with Crippen LogP contribution >= 0.6 is 23.2 Å². The molecule has 0 aromatic heterocycles. The highest BCUT2D eigenvalue weighted by atomic mass is 35.5. The van der Waals surface area contributed by atoms with Crippen LogP contribution in [0.3, 0.4) is 0 Å². The Kier molecular flexibility index (Phi) is 9.53. The highest BCUT2D eigenvalue weighted by Gasteiger charge is 2.11. The van der Waals surface area contributed by atoms with Crippen LogP contribution in [0.15, 0.2) is 64.3 Å². The maximum absolute atomic E-state index is 5.87. The van der Waals surface area contributed by atoms with Gasteiger partial charge in [0.15, 0.2) is 0 Å². The van der Waals surface area contributed by atoms with Crippen LogP contribution in [0.4, 0.5) is 11.4 Å². The Morgan fingerprint density at radius 2 is 1.45 bits per heavy atom. The summed E-state index contributed by atoms with van der Waals surface area (Å²) in [5.74, 6) is 1.53. The van der Waals surface area contributed by atoms with Crippen LogP contribution in [0, 0.1) is 0 Å². The Hall–Kier alpha value is -2.37. The molecular weight excluding hydrogens is 435 g/mol. The second-order valence-corrected chi connectivity index (χ2v) is 8.86. The van der Waals surface area contributed by atoms with Crippen LogP contribution in [0.1, 0.15) is 34.1 Å². The van der Waals surface area contributed by atoms with E-state index in [4.69, 9.17) is 37.5 Å². The summed E-state index contributed by atoms with van der Waals surface area (Å²) in [6.07, 6.45) is 2.37. The highest BCUT2D eigenvalue weighted by molar-refractivity contribution is 6.55. The van der Waals surface area contributed by atoms with Crippen molar-refractivity contribution in [2.45, 2.75) is 39.7 Å². The van der Waals surface area contributed by atoms with E-state index >= 15 is 0 Å². The van der Waals surface area contributed by atoms with Gasteiger partial charge in [-0.3, -0.25) is 0 Å². The van der Waals surface area contributed by atoms with Gasteiger partial charge in [-0.1, -0.05) is 35.3 Å². The quantitative estimate of drug-likeness (QED) is 0.277. The highest BCUT2D eigenvalue weighted by Crippen LogP contribution is 2.27. The fraction of sp³-hybridized carbons (Fsp3) is 0.375. The predicted molar refractivity (Wildman–Crippen MR) is 130 cm³/mol. The van der Waals surface area contributed by atoms with Gasteiger partial charge in [0.05, 0.1) is 5.71 Å². The van der Waals surface area contributed by atoms with Crippen LogP contribution in [0.2, 0.25) is 0 Å². The number of nitrogens with zero attached hydrogens (tertiary/aromatic N) is 2. The number of oxime groups is 1. The van der Waals surface area contributed by atoms with E-state index in [9.17, 15) is 0 Å². The number of rotatable bonds is 10. The van der Waals surface area contributed by atoms with Gasteiger partial charge >= 0.3 is 0 Å². The molecule has 0 heterocycles. The Labute approximate surface area is 195 Å². The van der Waals surface area contributed by atoms with Crippen molar-refractivity contribution in [3.05, 3.63) is 59.1 Å². The number of ether oxygens (including phenoxy) is 2.